The summed E-state index contributed by atoms with van der Waals surface area (Å²) in [5, 5.41) is 20.2. The van der Waals surface area contributed by atoms with E-state index in [1.54, 1.807) is 18.5 Å². The summed E-state index contributed by atoms with van der Waals surface area (Å²) in [6.45, 7) is 6.20. The van der Waals surface area contributed by atoms with Gasteiger partial charge in [0.05, 0.1) is 17.4 Å². The van der Waals surface area contributed by atoms with Gasteiger partial charge in [-0.3, -0.25) is 4.68 Å². The van der Waals surface area contributed by atoms with Crippen LogP contribution in [0.2, 0.25) is 5.15 Å². The summed E-state index contributed by atoms with van der Waals surface area (Å²) in [6, 6.07) is 7.59. The third-order valence-electron chi connectivity index (χ3n) is 8.83. The minimum absolute atomic E-state index is 0.0971. The van der Waals surface area contributed by atoms with Crippen molar-refractivity contribution in [1.82, 2.24) is 24.7 Å². The maximum Gasteiger partial charge on any atom is 0.166 e. The number of nitrogens with one attached hydrogen (secondary N) is 1. The second kappa shape index (κ2) is 11.0. The van der Waals surface area contributed by atoms with E-state index in [0.717, 1.165) is 16.5 Å². The minimum Gasteiger partial charge on any atom is -0.385 e. The standard InChI is InChI=1S/C30H35ClFN7O3S/c1-17(2)20-5-6-24(38-13-19(18(38)3)15-43(4,41)42)22-12-34-27(11-21(20)22)35-26-8-10-33-29(36-26)23-14-39(37-28(23)31)25-7-9-30(25,40)16-32/h5-6,8,10-12,14,17-19,25,40H,7,9,13,15-16H2,1-4H3,(H,33,34,35,36)/t18-,19-,25?,30?/m1/s1. The predicted octanol–water partition coefficient (Wildman–Crippen LogP) is 5.31. The second-order valence-electron chi connectivity index (χ2n) is 12.2. The molecule has 1 saturated heterocycles. The number of aliphatic hydroxyl groups is 1. The Hall–Kier alpha value is -3.35. The molecule has 1 aliphatic heterocycles. The lowest BCUT2D eigenvalue weighted by atomic mass is 9.76. The number of nitrogens with zero attached hydrogens (tertiary/aromatic N) is 6. The van der Waals surface area contributed by atoms with Crippen LogP contribution in [0.3, 0.4) is 0 Å². The molecule has 10 nitrogen and oxygen atoms in total. The van der Waals surface area contributed by atoms with Crippen LogP contribution in [0.1, 0.15) is 51.1 Å². The molecule has 43 heavy (non-hydrogen) atoms. The van der Waals surface area contributed by atoms with Gasteiger partial charge in [0.1, 0.15) is 33.7 Å². The van der Waals surface area contributed by atoms with Crippen molar-refractivity contribution in [2.75, 3.05) is 35.4 Å². The lowest BCUT2D eigenvalue weighted by molar-refractivity contribution is -0.104. The Kier molecular flexibility index (Phi) is 7.58. The van der Waals surface area contributed by atoms with Gasteiger partial charge in [-0.05, 0) is 54.8 Å². The summed E-state index contributed by atoms with van der Waals surface area (Å²) < 4.78 is 38.6. The molecule has 4 heterocycles. The molecular formula is C30H35ClFN7O3S. The molecule has 0 radical (unpaired) electrons. The molecule has 1 aliphatic carbocycles. The molecule has 2 unspecified atom stereocenters. The quantitative estimate of drug-likeness (QED) is 0.254. The van der Waals surface area contributed by atoms with Crippen LogP contribution in [-0.2, 0) is 9.84 Å². The van der Waals surface area contributed by atoms with Crippen LogP contribution >= 0.6 is 11.6 Å². The normalized spacial score (nSPS) is 23.8. The van der Waals surface area contributed by atoms with E-state index in [4.69, 9.17) is 16.6 Å². The zero-order valence-corrected chi connectivity index (χ0v) is 26.1. The fourth-order valence-electron chi connectivity index (χ4n) is 6.17. The van der Waals surface area contributed by atoms with Gasteiger partial charge in [0.2, 0.25) is 0 Å². The molecule has 2 fully saturated rings. The molecule has 2 N–H and O–H groups in total. The Morgan fingerprint density at radius 2 is 2.00 bits per heavy atom. The predicted molar refractivity (Wildman–Crippen MR) is 167 cm³/mol. The van der Waals surface area contributed by atoms with Gasteiger partial charge >= 0.3 is 0 Å². The number of benzene rings is 1. The van der Waals surface area contributed by atoms with Crippen molar-refractivity contribution in [2.24, 2.45) is 5.92 Å². The number of hydrogen-bond acceptors (Lipinski definition) is 9. The summed E-state index contributed by atoms with van der Waals surface area (Å²) in [7, 11) is -3.04. The van der Waals surface area contributed by atoms with Gasteiger partial charge in [0, 0.05) is 54.4 Å². The van der Waals surface area contributed by atoms with Gasteiger partial charge in [-0.25, -0.2) is 27.8 Å². The second-order valence-corrected chi connectivity index (χ2v) is 14.7. The van der Waals surface area contributed by atoms with Crippen LogP contribution in [0.4, 0.5) is 21.7 Å². The number of halogens is 2. The zero-order valence-electron chi connectivity index (χ0n) is 24.5. The monoisotopic (exact) mass is 627 g/mol. The molecule has 13 heteroatoms. The van der Waals surface area contributed by atoms with Crippen LogP contribution < -0.4 is 10.2 Å². The van der Waals surface area contributed by atoms with Crippen LogP contribution in [-0.4, -0.2) is 75.1 Å². The van der Waals surface area contributed by atoms with Crippen molar-refractivity contribution in [3.05, 3.63) is 53.6 Å². The fraction of sp³-hybridized carbons (Fsp3) is 0.467. The molecule has 1 aromatic carbocycles. The topological polar surface area (TPSA) is 126 Å². The molecule has 4 aromatic rings. The molecule has 1 saturated carbocycles. The van der Waals surface area contributed by atoms with Crippen LogP contribution in [0.25, 0.3) is 22.2 Å². The first-order valence-corrected chi connectivity index (χ1v) is 16.8. The number of aromatic nitrogens is 5. The first kappa shape index (κ1) is 29.7. The van der Waals surface area contributed by atoms with Gasteiger partial charge in [-0.2, -0.15) is 5.10 Å². The summed E-state index contributed by atoms with van der Waals surface area (Å²) in [5.41, 5.74) is 1.27. The molecule has 0 bridgehead atoms. The number of sulfone groups is 1. The third-order valence-corrected chi connectivity index (χ3v) is 10.1. The Bertz CT molecular complexity index is 1800. The molecule has 3 aromatic heterocycles. The molecule has 6 rings (SSSR count). The van der Waals surface area contributed by atoms with Crippen molar-refractivity contribution in [3.8, 4) is 11.4 Å². The number of alkyl halides is 1. The van der Waals surface area contributed by atoms with Crippen molar-refractivity contribution in [1.29, 1.82) is 0 Å². The lowest BCUT2D eigenvalue weighted by Crippen LogP contribution is -2.57. The van der Waals surface area contributed by atoms with Crippen molar-refractivity contribution < 1.29 is 17.9 Å². The van der Waals surface area contributed by atoms with E-state index in [2.05, 4.69) is 58.2 Å². The summed E-state index contributed by atoms with van der Waals surface area (Å²) in [6.07, 6.45) is 7.37. The lowest BCUT2D eigenvalue weighted by Gasteiger charge is -2.48. The van der Waals surface area contributed by atoms with E-state index in [1.807, 2.05) is 12.3 Å². The van der Waals surface area contributed by atoms with Crippen molar-refractivity contribution in [3.63, 3.8) is 0 Å². The summed E-state index contributed by atoms with van der Waals surface area (Å²) >= 11 is 6.42. The van der Waals surface area contributed by atoms with Crippen LogP contribution in [0, 0.1) is 5.92 Å². The summed E-state index contributed by atoms with van der Waals surface area (Å²) in [4.78, 5) is 15.9. The zero-order chi connectivity index (χ0) is 30.7. The average molecular weight is 628 g/mol. The third kappa shape index (κ3) is 5.56. The van der Waals surface area contributed by atoms with E-state index in [0.29, 0.717) is 42.4 Å². The number of hydrogen-bond donors (Lipinski definition) is 2. The van der Waals surface area contributed by atoms with Crippen LogP contribution in [0.5, 0.6) is 0 Å². The molecule has 0 spiro atoms. The number of rotatable bonds is 9. The molecule has 228 valence electrons. The first-order chi connectivity index (χ1) is 20.4. The van der Waals surface area contributed by atoms with E-state index in [1.165, 1.54) is 16.5 Å². The Labute approximate surface area is 255 Å². The highest BCUT2D eigenvalue weighted by Crippen LogP contribution is 2.44. The van der Waals surface area contributed by atoms with Crippen LogP contribution in [0.15, 0.2) is 42.9 Å². The highest BCUT2D eigenvalue weighted by atomic mass is 35.5. The fourth-order valence-corrected chi connectivity index (χ4v) is 7.55. The highest BCUT2D eigenvalue weighted by Gasteiger charge is 2.47. The molecular weight excluding hydrogens is 593 g/mol. The molecule has 0 amide bonds. The van der Waals surface area contributed by atoms with Gasteiger partial charge in [0.25, 0.3) is 0 Å². The minimum atomic E-state index is -3.04. The van der Waals surface area contributed by atoms with Crippen molar-refractivity contribution in [2.45, 2.75) is 57.2 Å². The number of pyridine rings is 1. The molecule has 4 atom stereocenters. The van der Waals surface area contributed by atoms with E-state index in [-0.39, 0.29) is 28.8 Å². The maximum atomic E-state index is 13.4. The smallest absolute Gasteiger partial charge is 0.166 e. The Morgan fingerprint density at radius 3 is 2.65 bits per heavy atom. The van der Waals surface area contributed by atoms with E-state index >= 15 is 0 Å². The largest absolute Gasteiger partial charge is 0.385 e. The summed E-state index contributed by atoms with van der Waals surface area (Å²) in [5.74, 6) is 2.00. The first-order valence-electron chi connectivity index (χ1n) is 14.4. The SMILES string of the molecule is CC(C)c1ccc(N2C[C@H](CS(C)(=O)=O)[C@H]2C)c2cnc(Nc3ccnc(-c4cn(C5CCC5(O)CF)nc4Cl)n3)cc12. The van der Waals surface area contributed by atoms with E-state index in [9.17, 15) is 17.9 Å². The highest BCUT2D eigenvalue weighted by molar-refractivity contribution is 7.90. The Balaban J connectivity index is 1.27. The van der Waals surface area contributed by atoms with Gasteiger partial charge in [-0.1, -0.05) is 31.5 Å². The number of anilines is 3. The van der Waals surface area contributed by atoms with Crippen molar-refractivity contribution >= 4 is 49.5 Å². The maximum absolute atomic E-state index is 13.4. The van der Waals surface area contributed by atoms with Gasteiger partial charge in [-0.15, -0.1) is 0 Å². The van der Waals surface area contributed by atoms with Gasteiger partial charge < -0.3 is 15.3 Å². The number of fused-ring (bicyclic) bond motifs is 1. The average Bonchev–Trinajstić information content (AvgIpc) is 3.33. The van der Waals surface area contributed by atoms with Gasteiger partial charge in [0.15, 0.2) is 11.0 Å². The van der Waals surface area contributed by atoms with E-state index < -0.39 is 28.2 Å². The Morgan fingerprint density at radius 1 is 1.21 bits per heavy atom. The molecule has 2 aliphatic rings.